The molecule has 0 saturated carbocycles. The van der Waals surface area contributed by atoms with E-state index in [2.05, 4.69) is 15.2 Å². The number of nitrogens with zero attached hydrogens (tertiary/aromatic N) is 2. The van der Waals surface area contributed by atoms with Gasteiger partial charge in [0, 0.05) is 24.4 Å². The standard InChI is InChI=1S/C20H20N4O5S/c1-14-11-18(22-29-14)21-19(25)13-24(2)20(26)15-7-6-8-16(12-15)23-30(27,28)17-9-4-3-5-10-17/h3-12,23H,13H2,1-2H3,(H,21,22,25). The average molecular weight is 428 g/mol. The van der Waals surface area contributed by atoms with Crippen LogP contribution in [0.5, 0.6) is 0 Å². The summed E-state index contributed by atoms with van der Waals surface area (Å²) < 4.78 is 32.2. The summed E-state index contributed by atoms with van der Waals surface area (Å²) in [7, 11) is -2.31. The molecule has 0 unspecified atom stereocenters. The zero-order chi connectivity index (χ0) is 21.7. The second-order valence-electron chi connectivity index (χ2n) is 6.53. The number of hydrogen-bond donors (Lipinski definition) is 2. The smallest absolute Gasteiger partial charge is 0.261 e. The highest BCUT2D eigenvalue weighted by molar-refractivity contribution is 7.92. The van der Waals surface area contributed by atoms with Crippen molar-refractivity contribution in [1.82, 2.24) is 10.1 Å². The van der Waals surface area contributed by atoms with Gasteiger partial charge in [-0.05, 0) is 37.3 Å². The van der Waals surface area contributed by atoms with Crippen LogP contribution in [0, 0.1) is 6.92 Å². The molecule has 2 N–H and O–H groups in total. The molecule has 10 heteroatoms. The number of carbonyl (C=O) groups excluding carboxylic acids is 2. The number of likely N-dealkylation sites (N-methyl/N-ethyl adjacent to an activating group) is 1. The normalized spacial score (nSPS) is 11.0. The Hall–Kier alpha value is -3.66. The molecule has 3 rings (SSSR count). The van der Waals surface area contributed by atoms with E-state index in [1.54, 1.807) is 37.3 Å². The number of carbonyl (C=O) groups is 2. The number of hydrogen-bond acceptors (Lipinski definition) is 6. The molecule has 0 bridgehead atoms. The molecule has 30 heavy (non-hydrogen) atoms. The summed E-state index contributed by atoms with van der Waals surface area (Å²) in [6, 6.07) is 15.5. The molecule has 1 heterocycles. The summed E-state index contributed by atoms with van der Waals surface area (Å²) in [6.07, 6.45) is 0. The molecular formula is C20H20N4O5S. The van der Waals surface area contributed by atoms with Crippen molar-refractivity contribution in [2.24, 2.45) is 0 Å². The number of amides is 2. The summed E-state index contributed by atoms with van der Waals surface area (Å²) >= 11 is 0. The highest BCUT2D eigenvalue weighted by Gasteiger charge is 2.18. The number of nitrogens with one attached hydrogen (secondary N) is 2. The molecule has 3 aromatic rings. The fourth-order valence-electron chi connectivity index (χ4n) is 2.64. The van der Waals surface area contributed by atoms with Crippen molar-refractivity contribution in [2.45, 2.75) is 11.8 Å². The van der Waals surface area contributed by atoms with Crippen LogP contribution >= 0.6 is 0 Å². The largest absolute Gasteiger partial charge is 0.360 e. The Kier molecular flexibility index (Phi) is 6.17. The van der Waals surface area contributed by atoms with Crippen LogP contribution in [0.2, 0.25) is 0 Å². The van der Waals surface area contributed by atoms with E-state index < -0.39 is 21.8 Å². The maximum absolute atomic E-state index is 12.7. The minimum Gasteiger partial charge on any atom is -0.360 e. The number of anilines is 2. The van der Waals surface area contributed by atoms with Crippen LogP contribution in [0.1, 0.15) is 16.1 Å². The van der Waals surface area contributed by atoms with Gasteiger partial charge in [0.1, 0.15) is 5.76 Å². The van der Waals surface area contributed by atoms with E-state index >= 15 is 0 Å². The van der Waals surface area contributed by atoms with Gasteiger partial charge < -0.3 is 14.7 Å². The molecule has 0 radical (unpaired) electrons. The Morgan fingerprint density at radius 3 is 2.47 bits per heavy atom. The number of aromatic nitrogens is 1. The molecular weight excluding hydrogens is 408 g/mol. The van der Waals surface area contributed by atoms with Crippen molar-refractivity contribution in [3.05, 3.63) is 72.0 Å². The average Bonchev–Trinajstić information content (AvgIpc) is 3.12. The second kappa shape index (κ2) is 8.78. The zero-order valence-corrected chi connectivity index (χ0v) is 17.1. The lowest BCUT2D eigenvalue weighted by atomic mass is 10.2. The van der Waals surface area contributed by atoms with Crippen molar-refractivity contribution in [2.75, 3.05) is 23.6 Å². The third kappa shape index (κ3) is 5.23. The number of aryl methyl sites for hydroxylation is 1. The number of rotatable bonds is 7. The Morgan fingerprint density at radius 1 is 1.07 bits per heavy atom. The van der Waals surface area contributed by atoms with Gasteiger partial charge in [0.2, 0.25) is 5.91 Å². The molecule has 0 aliphatic carbocycles. The van der Waals surface area contributed by atoms with E-state index in [0.717, 1.165) is 0 Å². The quantitative estimate of drug-likeness (QED) is 0.596. The summed E-state index contributed by atoms with van der Waals surface area (Å²) in [5.41, 5.74) is 0.469. The SMILES string of the molecule is Cc1cc(NC(=O)CN(C)C(=O)c2cccc(NS(=O)(=O)c3ccccc3)c2)no1. The van der Waals surface area contributed by atoms with Crippen LogP contribution in [-0.2, 0) is 14.8 Å². The van der Waals surface area contributed by atoms with E-state index in [0.29, 0.717) is 5.76 Å². The highest BCUT2D eigenvalue weighted by Crippen LogP contribution is 2.18. The lowest BCUT2D eigenvalue weighted by Crippen LogP contribution is -2.35. The van der Waals surface area contributed by atoms with Gasteiger partial charge in [0.05, 0.1) is 11.4 Å². The predicted molar refractivity (Wildman–Crippen MR) is 111 cm³/mol. The maximum Gasteiger partial charge on any atom is 0.261 e. The Labute approximate surface area is 173 Å². The van der Waals surface area contributed by atoms with Crippen LogP contribution < -0.4 is 10.0 Å². The van der Waals surface area contributed by atoms with Crippen molar-refractivity contribution in [3.63, 3.8) is 0 Å². The molecule has 0 saturated heterocycles. The summed E-state index contributed by atoms with van der Waals surface area (Å²) in [5.74, 6) is -0.0810. The van der Waals surface area contributed by atoms with Crippen LogP contribution in [-0.4, -0.2) is 43.9 Å². The molecule has 2 amide bonds. The fourth-order valence-corrected chi connectivity index (χ4v) is 3.72. The lowest BCUT2D eigenvalue weighted by molar-refractivity contribution is -0.116. The monoisotopic (exact) mass is 428 g/mol. The molecule has 0 fully saturated rings. The number of benzene rings is 2. The first-order valence-corrected chi connectivity index (χ1v) is 10.4. The van der Waals surface area contributed by atoms with Gasteiger partial charge in [0.25, 0.3) is 15.9 Å². The Balaban J connectivity index is 1.67. The van der Waals surface area contributed by atoms with Crippen LogP contribution in [0.15, 0.2) is 70.1 Å². The molecule has 0 atom stereocenters. The van der Waals surface area contributed by atoms with E-state index in [1.165, 1.54) is 42.3 Å². The minimum atomic E-state index is -3.78. The highest BCUT2D eigenvalue weighted by atomic mass is 32.2. The maximum atomic E-state index is 12.7. The van der Waals surface area contributed by atoms with Gasteiger partial charge in [-0.25, -0.2) is 8.42 Å². The van der Waals surface area contributed by atoms with E-state index in [9.17, 15) is 18.0 Å². The van der Waals surface area contributed by atoms with Crippen LogP contribution in [0.4, 0.5) is 11.5 Å². The number of sulfonamides is 1. The molecule has 156 valence electrons. The summed E-state index contributed by atoms with van der Waals surface area (Å²) in [5, 5.41) is 6.19. The molecule has 0 aliphatic heterocycles. The van der Waals surface area contributed by atoms with E-state index in [-0.39, 0.29) is 28.5 Å². The first-order chi connectivity index (χ1) is 14.2. The Bertz CT molecular complexity index is 1160. The first-order valence-electron chi connectivity index (χ1n) is 8.91. The molecule has 0 aliphatic rings. The van der Waals surface area contributed by atoms with Crippen molar-refractivity contribution in [1.29, 1.82) is 0 Å². The fraction of sp³-hybridized carbons (Fsp3) is 0.150. The van der Waals surface area contributed by atoms with Crippen LogP contribution in [0.25, 0.3) is 0 Å². The van der Waals surface area contributed by atoms with Gasteiger partial charge in [-0.2, -0.15) is 0 Å². The third-order valence-corrected chi connectivity index (χ3v) is 5.44. The minimum absolute atomic E-state index is 0.110. The third-order valence-electron chi connectivity index (χ3n) is 4.04. The van der Waals surface area contributed by atoms with Crippen LogP contribution in [0.3, 0.4) is 0 Å². The van der Waals surface area contributed by atoms with Crippen molar-refractivity contribution in [3.8, 4) is 0 Å². The molecule has 2 aromatic carbocycles. The second-order valence-corrected chi connectivity index (χ2v) is 8.21. The zero-order valence-electron chi connectivity index (χ0n) is 16.3. The van der Waals surface area contributed by atoms with Gasteiger partial charge in [-0.15, -0.1) is 0 Å². The summed E-state index contributed by atoms with van der Waals surface area (Å²) in [6.45, 7) is 1.47. The van der Waals surface area contributed by atoms with Gasteiger partial charge in [0.15, 0.2) is 5.82 Å². The van der Waals surface area contributed by atoms with E-state index in [4.69, 9.17) is 4.52 Å². The predicted octanol–water partition coefficient (Wildman–Crippen LogP) is 2.49. The molecule has 9 nitrogen and oxygen atoms in total. The summed E-state index contributed by atoms with van der Waals surface area (Å²) in [4.78, 5) is 26.1. The molecule has 0 spiro atoms. The van der Waals surface area contributed by atoms with Crippen molar-refractivity contribution >= 4 is 33.3 Å². The van der Waals surface area contributed by atoms with Gasteiger partial charge in [-0.3, -0.25) is 14.3 Å². The topological polar surface area (TPSA) is 122 Å². The molecule has 1 aromatic heterocycles. The van der Waals surface area contributed by atoms with Gasteiger partial charge >= 0.3 is 0 Å². The van der Waals surface area contributed by atoms with Gasteiger partial charge in [-0.1, -0.05) is 29.4 Å². The first kappa shape index (κ1) is 21.1. The Morgan fingerprint density at radius 2 is 1.80 bits per heavy atom. The van der Waals surface area contributed by atoms with Crippen molar-refractivity contribution < 1.29 is 22.5 Å². The lowest BCUT2D eigenvalue weighted by Gasteiger charge is -2.17. The van der Waals surface area contributed by atoms with E-state index in [1.807, 2.05) is 0 Å².